The summed E-state index contributed by atoms with van der Waals surface area (Å²) in [6.45, 7) is 5.05. The lowest BCUT2D eigenvalue weighted by Gasteiger charge is -2.46. The third-order valence-corrected chi connectivity index (χ3v) is 137. The van der Waals surface area contributed by atoms with E-state index in [2.05, 4.69) is 122 Å². The number of hydrogen-bond acceptors (Lipinski definition) is 5. The van der Waals surface area contributed by atoms with Crippen LogP contribution in [0.25, 0.3) is 22.2 Å². The van der Waals surface area contributed by atoms with E-state index in [9.17, 15) is 0 Å². The second-order valence-corrected chi connectivity index (χ2v) is 91.3. The largest absolute Gasteiger partial charge is 0.428 e. The quantitative estimate of drug-likeness (QED) is 0.148. The van der Waals surface area contributed by atoms with Gasteiger partial charge in [0.05, 0.1) is 0 Å². The van der Waals surface area contributed by atoms with E-state index in [1.807, 2.05) is 25.1 Å². The maximum Gasteiger partial charge on any atom is 0.297 e. The molecule has 0 aliphatic heterocycles. The minimum atomic E-state index is 0.0296. The molecule has 0 saturated heterocycles. The summed E-state index contributed by atoms with van der Waals surface area (Å²) in [6, 6.07) is 11.1. The lowest BCUT2D eigenvalue weighted by Crippen LogP contribution is -2.08. The van der Waals surface area contributed by atoms with Gasteiger partial charge in [-0.1, -0.05) is 51.4 Å². The molecule has 2 aromatic carbocycles. The van der Waals surface area contributed by atoms with Crippen LogP contribution in [0.1, 0.15) is 20.3 Å². The number of nitrogens with zero attached hydrogens (tertiary/aromatic N) is 3. The molecule has 0 N–H and O–H groups in total. The fraction of sp³-hybridized carbons (Fsp3) is 0.263. The van der Waals surface area contributed by atoms with Gasteiger partial charge in [0.1, 0.15) is 11.0 Å². The molecule has 2 heterocycles. The molecule has 272 valence electrons. The van der Waals surface area contributed by atoms with Gasteiger partial charge in [-0.3, -0.25) is 0 Å². The van der Waals surface area contributed by atoms with E-state index in [0.717, 1.165) is 19.1 Å². The first-order valence-electron chi connectivity index (χ1n) is 13.0. The molecule has 0 fully saturated rings. The van der Waals surface area contributed by atoms with E-state index in [-0.39, 0.29) is 68.2 Å². The molecule has 0 radical (unpaired) electrons. The Morgan fingerprint density at radius 3 is 1.40 bits per heavy atom. The molecule has 0 aliphatic rings. The van der Waals surface area contributed by atoms with Crippen molar-refractivity contribution in [2.24, 2.45) is 0 Å². The second kappa shape index (κ2) is 28.5. The Balaban J connectivity index is 0.000000362. The minimum absolute atomic E-state index is 0.0296. The van der Waals surface area contributed by atoms with Crippen LogP contribution in [-0.2, 0) is 0 Å². The van der Waals surface area contributed by atoms with E-state index in [0.29, 0.717) is 27.2 Å². The molecule has 0 amide bonds. The molecule has 0 aliphatic carbocycles. The van der Waals surface area contributed by atoms with Crippen LogP contribution in [0.3, 0.4) is 0 Å². The molecular weight excluding hydrogens is 1060 g/mol. The zero-order chi connectivity index (χ0) is 36.9. The van der Waals surface area contributed by atoms with Gasteiger partial charge in [0, 0.05) is 24.1 Å². The molecule has 13 unspecified atom stereocenters. The molecular formula is C19H43Cl3N3O2P21. The van der Waals surface area contributed by atoms with Crippen LogP contribution in [0.5, 0.6) is 0 Å². The summed E-state index contributed by atoms with van der Waals surface area (Å²) in [6.07, 6.45) is 1.25. The Bertz CT molecular complexity index is 1460. The standard InChI is InChI=1S/C9H9ClN2O.C7H3Cl2NO.C3H8.H23P21/c1-12(2)9-11-7-5-6(10)3-4-8(7)13-9;8-4-1-2-6-5(3-4)10-7(9)11-6;1-3-2;1-12-18(13(2)3)21(19(14(4)5)15(6)7)20(16(8)9)17(10)11/h3-5H,1-2H3;1-3H;3H2,1-2H3;12H,1-11H2. The first-order valence-corrected chi connectivity index (χ1v) is 51.7. The molecule has 4 aromatic rings. The SMILES string of the molecule is CCC.CN(C)c1nc2cc(Cl)ccc2o1.Clc1ccc2oc(Cl)nc2c1.PPP(P(P)P)P(P(P(P)P)P(P)P)P(P(P)P)P(P)P. The summed E-state index contributed by atoms with van der Waals surface area (Å²) in [5.74, 6) is 0. The van der Waals surface area contributed by atoms with Crippen LogP contribution in [0.2, 0.25) is 15.4 Å². The normalized spacial score (nSPS) is 12.5. The number of rotatable bonds is 10. The predicted molar refractivity (Wildman–Crippen MR) is 291 cm³/mol. The zero-order valence-electron chi connectivity index (χ0n) is 26.3. The molecule has 5 nitrogen and oxygen atoms in total. The summed E-state index contributed by atoms with van der Waals surface area (Å²) in [5.41, 5.74) is 2.88. The van der Waals surface area contributed by atoms with Gasteiger partial charge in [-0.2, -0.15) is 9.97 Å². The molecule has 0 saturated carbocycles. The summed E-state index contributed by atoms with van der Waals surface area (Å²) in [7, 11) is 39.7. The van der Waals surface area contributed by atoms with Crippen molar-refractivity contribution in [3.63, 3.8) is 0 Å². The van der Waals surface area contributed by atoms with Crippen molar-refractivity contribution in [3.05, 3.63) is 51.8 Å². The lowest BCUT2D eigenvalue weighted by molar-refractivity contribution is 0.597. The van der Waals surface area contributed by atoms with E-state index < -0.39 is 0 Å². The maximum absolute atomic E-state index is 5.81. The van der Waals surface area contributed by atoms with Gasteiger partial charge >= 0.3 is 0 Å². The Morgan fingerprint density at radius 2 is 1.04 bits per heavy atom. The first-order chi connectivity index (χ1) is 22.4. The zero-order valence-corrected chi connectivity index (χ0v) is 50.4. The van der Waals surface area contributed by atoms with Crippen LogP contribution < -0.4 is 4.90 Å². The molecule has 29 heteroatoms. The number of halogens is 3. The third kappa shape index (κ3) is 19.0. The van der Waals surface area contributed by atoms with Gasteiger partial charge in [-0.15, -0.1) is 98.2 Å². The highest BCUT2D eigenvalue weighted by Gasteiger charge is 2.42. The Hall–Kier alpha value is 7.08. The smallest absolute Gasteiger partial charge is 0.297 e. The van der Waals surface area contributed by atoms with Crippen LogP contribution in [-0.4, -0.2) is 24.1 Å². The van der Waals surface area contributed by atoms with Crippen LogP contribution in [0.15, 0.2) is 45.2 Å². The number of hydrogen-bond donors (Lipinski definition) is 0. The number of anilines is 1. The van der Waals surface area contributed by atoms with E-state index >= 15 is 0 Å². The summed E-state index contributed by atoms with van der Waals surface area (Å²) in [5, 5.41) is 1.44. The second-order valence-electron chi connectivity index (χ2n) is 8.91. The van der Waals surface area contributed by atoms with Gasteiger partial charge in [-0.25, -0.2) is 0 Å². The third-order valence-electron chi connectivity index (χ3n) is 4.69. The molecule has 4 rings (SSSR count). The molecule has 0 bridgehead atoms. The summed E-state index contributed by atoms with van der Waals surface area (Å²) in [4.78, 5) is 9.95. The lowest BCUT2D eigenvalue weighted by atomic mass is 10.3. The van der Waals surface area contributed by atoms with Crippen molar-refractivity contribution >= 4 is 232 Å². The molecule has 0 spiro atoms. The highest BCUT2D eigenvalue weighted by Crippen LogP contribution is 3.31. The van der Waals surface area contributed by atoms with E-state index in [1.54, 1.807) is 30.3 Å². The Kier molecular flexibility index (Phi) is 31.6. The molecule has 13 atom stereocenters. The van der Waals surface area contributed by atoms with Gasteiger partial charge in [0.15, 0.2) is 11.2 Å². The first kappa shape index (κ1) is 53.1. The van der Waals surface area contributed by atoms with Gasteiger partial charge in [0.2, 0.25) is 0 Å². The van der Waals surface area contributed by atoms with Crippen molar-refractivity contribution < 1.29 is 8.83 Å². The minimum Gasteiger partial charge on any atom is -0.428 e. The number of aromatic nitrogens is 2. The topological polar surface area (TPSA) is 55.3 Å². The van der Waals surface area contributed by atoms with E-state index in [1.165, 1.54) is 6.42 Å². The number of oxazole rings is 2. The Morgan fingerprint density at radius 1 is 0.646 bits per heavy atom. The van der Waals surface area contributed by atoms with Crippen molar-refractivity contribution in [1.82, 2.24) is 9.97 Å². The summed E-state index contributed by atoms with van der Waals surface area (Å²) < 4.78 is 10.5. The predicted octanol–water partition coefficient (Wildman–Crippen LogP) is 19.0. The fourth-order valence-corrected chi connectivity index (χ4v) is 256. The average Bonchev–Trinajstić information content (AvgIpc) is 3.55. The summed E-state index contributed by atoms with van der Waals surface area (Å²) >= 11 is 17.0. The van der Waals surface area contributed by atoms with Gasteiger partial charge in [-0.05, 0) is 111 Å². The number of fused-ring (bicyclic) bond motifs is 2. The van der Waals surface area contributed by atoms with Crippen LogP contribution in [0, 0.1) is 0 Å². The molecule has 2 aromatic heterocycles. The number of benzene rings is 2. The van der Waals surface area contributed by atoms with E-state index in [4.69, 9.17) is 43.6 Å². The van der Waals surface area contributed by atoms with Crippen LogP contribution in [0.4, 0.5) is 6.01 Å². The van der Waals surface area contributed by atoms with Crippen molar-refractivity contribution in [2.75, 3.05) is 19.0 Å². The maximum atomic E-state index is 5.81. The van der Waals surface area contributed by atoms with Crippen LogP contribution >= 0.6 is 204 Å². The average molecular weight is 1100 g/mol. The van der Waals surface area contributed by atoms with Gasteiger partial charge in [0.25, 0.3) is 11.4 Å². The van der Waals surface area contributed by atoms with Crippen molar-refractivity contribution in [2.45, 2.75) is 20.3 Å². The fourth-order valence-electron chi connectivity index (χ4n) is 2.99. The Labute approximate surface area is 338 Å². The monoisotopic (exact) mass is 1100 g/mol. The van der Waals surface area contributed by atoms with Crippen molar-refractivity contribution in [3.8, 4) is 0 Å². The highest BCUT2D eigenvalue weighted by molar-refractivity contribution is 9.37. The highest BCUT2D eigenvalue weighted by atomic mass is 35.5. The van der Waals surface area contributed by atoms with Crippen molar-refractivity contribution in [1.29, 1.82) is 0 Å². The van der Waals surface area contributed by atoms with Gasteiger partial charge < -0.3 is 13.7 Å². The molecule has 48 heavy (non-hydrogen) atoms.